The van der Waals surface area contributed by atoms with Crippen molar-refractivity contribution in [2.45, 2.75) is 13.0 Å². The Kier molecular flexibility index (Phi) is 5.63. The third-order valence-electron chi connectivity index (χ3n) is 5.91. The molecule has 0 radical (unpaired) electrons. The van der Waals surface area contributed by atoms with Crippen molar-refractivity contribution in [2.75, 3.05) is 24.9 Å². The molecule has 1 amide bonds. The van der Waals surface area contributed by atoms with E-state index in [1.54, 1.807) is 38.5 Å². The Bertz CT molecular complexity index is 1430. The third-order valence-corrected chi connectivity index (χ3v) is 6.16. The summed E-state index contributed by atoms with van der Waals surface area (Å²) in [5.74, 6) is 1.55. The van der Waals surface area contributed by atoms with Crippen LogP contribution in [0.25, 0.3) is 11.0 Å². The molecular formula is C26H23ClN4O3. The first-order valence-electron chi connectivity index (χ1n) is 10.7. The van der Waals surface area contributed by atoms with Gasteiger partial charge in [-0.1, -0.05) is 35.9 Å². The minimum atomic E-state index is -0.513. The summed E-state index contributed by atoms with van der Waals surface area (Å²) in [7, 11) is 3.19. The number of hydrogen-bond acceptors (Lipinski definition) is 5. The molecule has 0 saturated heterocycles. The van der Waals surface area contributed by atoms with Crippen LogP contribution in [0.3, 0.4) is 0 Å². The standard InChI is InChI=1S/C26H23ClN4O3/c1-15-22(25(32)29-17-13-11-16(27)12-14-17)23(18-7-6-10-21(33-2)24(18)34-3)31-20-9-5-4-8-19(20)30-26(31)28-15/h4-14,23H,1-3H3,(H,28,30)(H,29,32). The van der Waals surface area contributed by atoms with E-state index in [-0.39, 0.29) is 5.91 Å². The molecule has 4 aromatic rings. The molecule has 34 heavy (non-hydrogen) atoms. The Morgan fingerprint density at radius 3 is 2.53 bits per heavy atom. The summed E-state index contributed by atoms with van der Waals surface area (Å²) in [4.78, 5) is 18.5. The topological polar surface area (TPSA) is 77.4 Å². The van der Waals surface area contributed by atoms with Gasteiger partial charge in [-0.25, -0.2) is 4.98 Å². The SMILES string of the molecule is COc1cccc(C2C(C(=O)Nc3ccc(Cl)cc3)=C(C)Nc3nc4ccccc4n32)c1OC. The van der Waals surface area contributed by atoms with Gasteiger partial charge in [0.15, 0.2) is 11.5 Å². The fourth-order valence-electron chi connectivity index (χ4n) is 4.41. The number of fused-ring (bicyclic) bond motifs is 3. The van der Waals surface area contributed by atoms with Crippen LogP contribution in [0.5, 0.6) is 11.5 Å². The molecule has 0 spiro atoms. The number of benzene rings is 3. The second-order valence-corrected chi connectivity index (χ2v) is 8.34. The summed E-state index contributed by atoms with van der Waals surface area (Å²) in [5.41, 5.74) is 4.38. The molecule has 5 rings (SSSR count). The van der Waals surface area contributed by atoms with Crippen LogP contribution in [0.2, 0.25) is 5.02 Å². The Morgan fingerprint density at radius 1 is 1.03 bits per heavy atom. The number of ether oxygens (including phenoxy) is 2. The lowest BCUT2D eigenvalue weighted by Gasteiger charge is -2.31. The van der Waals surface area contributed by atoms with Crippen LogP contribution < -0.4 is 20.1 Å². The first-order valence-corrected chi connectivity index (χ1v) is 11.1. The third kappa shape index (κ3) is 3.64. The summed E-state index contributed by atoms with van der Waals surface area (Å²) in [6.45, 7) is 1.87. The molecule has 0 aliphatic carbocycles. The van der Waals surface area contributed by atoms with Gasteiger partial charge in [0.2, 0.25) is 5.95 Å². The number of amides is 1. The van der Waals surface area contributed by atoms with E-state index in [1.807, 2.05) is 54.0 Å². The lowest BCUT2D eigenvalue weighted by atomic mass is 9.93. The molecule has 2 N–H and O–H groups in total. The summed E-state index contributed by atoms with van der Waals surface area (Å²) in [5, 5.41) is 6.92. The minimum absolute atomic E-state index is 0.245. The van der Waals surface area contributed by atoms with E-state index in [9.17, 15) is 4.79 Å². The summed E-state index contributed by atoms with van der Waals surface area (Å²) in [6, 6.07) is 20.0. The van der Waals surface area contributed by atoms with Gasteiger partial charge in [-0.3, -0.25) is 9.36 Å². The van der Waals surface area contributed by atoms with Crippen LogP contribution in [-0.4, -0.2) is 29.7 Å². The van der Waals surface area contributed by atoms with Crippen LogP contribution >= 0.6 is 11.6 Å². The predicted octanol–water partition coefficient (Wildman–Crippen LogP) is 5.63. The van der Waals surface area contributed by atoms with Crippen LogP contribution in [0.1, 0.15) is 18.5 Å². The number of allylic oxidation sites excluding steroid dienone is 1. The summed E-state index contributed by atoms with van der Waals surface area (Å²) < 4.78 is 13.4. The summed E-state index contributed by atoms with van der Waals surface area (Å²) >= 11 is 6.02. The minimum Gasteiger partial charge on any atom is -0.493 e. The molecule has 2 heterocycles. The number of halogens is 1. The van der Waals surface area contributed by atoms with E-state index in [4.69, 9.17) is 26.1 Å². The van der Waals surface area contributed by atoms with Crippen molar-refractivity contribution < 1.29 is 14.3 Å². The van der Waals surface area contributed by atoms with Crippen molar-refractivity contribution in [3.8, 4) is 11.5 Å². The average molecular weight is 475 g/mol. The molecule has 1 aliphatic heterocycles. The number of imidazole rings is 1. The van der Waals surface area contributed by atoms with Crippen molar-refractivity contribution >= 4 is 40.2 Å². The molecule has 0 fully saturated rings. The highest BCUT2D eigenvalue weighted by molar-refractivity contribution is 6.30. The van der Waals surface area contributed by atoms with Gasteiger partial charge < -0.3 is 20.1 Å². The number of methoxy groups -OCH3 is 2. The molecule has 3 aromatic carbocycles. The maximum absolute atomic E-state index is 13.7. The van der Waals surface area contributed by atoms with Crippen LogP contribution in [0, 0.1) is 0 Å². The maximum Gasteiger partial charge on any atom is 0.255 e. The number of nitrogens with one attached hydrogen (secondary N) is 2. The van der Waals surface area contributed by atoms with Gasteiger partial charge in [0, 0.05) is 22.0 Å². The molecule has 1 unspecified atom stereocenters. The average Bonchev–Trinajstić information content (AvgIpc) is 3.21. The van der Waals surface area contributed by atoms with Gasteiger partial charge in [-0.05, 0) is 49.4 Å². The van der Waals surface area contributed by atoms with Crippen LogP contribution in [0.4, 0.5) is 11.6 Å². The van der Waals surface area contributed by atoms with Crippen LogP contribution in [-0.2, 0) is 4.79 Å². The zero-order chi connectivity index (χ0) is 23.8. The van der Waals surface area contributed by atoms with Crippen molar-refractivity contribution in [3.05, 3.63) is 88.6 Å². The molecule has 1 aromatic heterocycles. The molecule has 0 saturated carbocycles. The second kappa shape index (κ2) is 8.76. The lowest BCUT2D eigenvalue weighted by molar-refractivity contribution is -0.113. The number of anilines is 2. The van der Waals surface area contributed by atoms with Crippen molar-refractivity contribution in [1.82, 2.24) is 9.55 Å². The van der Waals surface area contributed by atoms with Gasteiger partial charge in [-0.15, -0.1) is 0 Å². The van der Waals surface area contributed by atoms with Gasteiger partial charge in [0.25, 0.3) is 5.91 Å². The van der Waals surface area contributed by atoms with E-state index in [1.165, 1.54) is 0 Å². The first-order chi connectivity index (χ1) is 16.5. The zero-order valence-corrected chi connectivity index (χ0v) is 19.7. The van der Waals surface area contributed by atoms with E-state index in [0.29, 0.717) is 39.4 Å². The molecule has 0 bridgehead atoms. The predicted molar refractivity (Wildman–Crippen MR) is 134 cm³/mol. The maximum atomic E-state index is 13.7. The highest BCUT2D eigenvalue weighted by Gasteiger charge is 2.36. The van der Waals surface area contributed by atoms with Gasteiger partial charge in [0.05, 0.1) is 36.9 Å². The Balaban J connectivity index is 1.71. The number of rotatable bonds is 5. The fraction of sp³-hybridized carbons (Fsp3) is 0.154. The first kappa shape index (κ1) is 21.9. The number of para-hydroxylation sites is 3. The van der Waals surface area contributed by atoms with Crippen molar-refractivity contribution in [1.29, 1.82) is 0 Å². The van der Waals surface area contributed by atoms with Crippen molar-refractivity contribution in [3.63, 3.8) is 0 Å². The Morgan fingerprint density at radius 2 is 1.79 bits per heavy atom. The van der Waals surface area contributed by atoms with Gasteiger partial charge >= 0.3 is 0 Å². The fourth-order valence-corrected chi connectivity index (χ4v) is 4.54. The number of hydrogen-bond donors (Lipinski definition) is 2. The zero-order valence-electron chi connectivity index (χ0n) is 18.9. The Hall–Kier alpha value is -3.97. The van der Waals surface area contributed by atoms with Crippen molar-refractivity contribution in [2.24, 2.45) is 0 Å². The molecule has 7 nitrogen and oxygen atoms in total. The highest BCUT2D eigenvalue weighted by atomic mass is 35.5. The van der Waals surface area contributed by atoms with E-state index >= 15 is 0 Å². The monoisotopic (exact) mass is 474 g/mol. The molecule has 172 valence electrons. The normalized spacial score (nSPS) is 15.0. The van der Waals surface area contributed by atoms with E-state index in [2.05, 4.69) is 10.6 Å². The quantitative estimate of drug-likeness (QED) is 0.391. The van der Waals surface area contributed by atoms with E-state index in [0.717, 1.165) is 16.6 Å². The lowest BCUT2D eigenvalue weighted by Crippen LogP contribution is -2.31. The largest absolute Gasteiger partial charge is 0.493 e. The number of carbonyl (C=O) groups excluding carboxylic acids is 1. The molecule has 8 heteroatoms. The number of nitrogens with zero attached hydrogens (tertiary/aromatic N) is 2. The van der Waals surface area contributed by atoms with Gasteiger partial charge in [0.1, 0.15) is 0 Å². The molecule has 1 aliphatic rings. The van der Waals surface area contributed by atoms with Gasteiger partial charge in [-0.2, -0.15) is 0 Å². The van der Waals surface area contributed by atoms with E-state index < -0.39 is 6.04 Å². The Labute approximate surface area is 202 Å². The number of carbonyl (C=O) groups is 1. The smallest absolute Gasteiger partial charge is 0.255 e. The molecule has 1 atom stereocenters. The number of aromatic nitrogens is 2. The highest BCUT2D eigenvalue weighted by Crippen LogP contribution is 2.45. The summed E-state index contributed by atoms with van der Waals surface area (Å²) in [6.07, 6.45) is 0. The molecular weight excluding hydrogens is 452 g/mol. The van der Waals surface area contributed by atoms with Crippen LogP contribution in [0.15, 0.2) is 78.0 Å². The second-order valence-electron chi connectivity index (χ2n) is 7.90.